The fourth-order valence-electron chi connectivity index (χ4n) is 1.86. The van der Waals surface area contributed by atoms with Crippen molar-refractivity contribution in [3.8, 4) is 5.75 Å². The molecule has 7 heteroatoms. The number of benzene rings is 1. The van der Waals surface area contributed by atoms with Gasteiger partial charge < -0.3 is 15.2 Å². The Morgan fingerprint density at radius 2 is 2.19 bits per heavy atom. The number of nitrogens with zero attached hydrogens (tertiary/aromatic N) is 2. The van der Waals surface area contributed by atoms with Crippen LogP contribution in [0.1, 0.15) is 23.2 Å². The normalized spacial score (nSPS) is 17.7. The van der Waals surface area contributed by atoms with Crippen LogP contribution in [0.4, 0.5) is 0 Å². The number of hydrogen-bond acceptors (Lipinski definition) is 5. The van der Waals surface area contributed by atoms with E-state index >= 15 is 0 Å². The molecule has 1 aromatic rings. The van der Waals surface area contributed by atoms with Crippen LogP contribution >= 0.6 is 15.9 Å². The summed E-state index contributed by atoms with van der Waals surface area (Å²) in [4.78, 5) is 18.1. The van der Waals surface area contributed by atoms with Crippen LogP contribution in [0, 0.1) is 0 Å². The van der Waals surface area contributed by atoms with Crippen molar-refractivity contribution in [1.82, 2.24) is 4.90 Å². The lowest BCUT2D eigenvalue weighted by Gasteiger charge is -2.18. The van der Waals surface area contributed by atoms with Gasteiger partial charge in [0, 0.05) is 18.1 Å². The number of guanidine groups is 1. The van der Waals surface area contributed by atoms with Crippen molar-refractivity contribution < 1.29 is 14.3 Å². The SMILES string of the molecule is CN1C(=O)c2cc(Br)ccc2OCOCCCCN=C1N. The van der Waals surface area contributed by atoms with E-state index in [1.54, 1.807) is 19.2 Å². The van der Waals surface area contributed by atoms with E-state index < -0.39 is 0 Å². The summed E-state index contributed by atoms with van der Waals surface area (Å²) in [5, 5.41) is 0. The topological polar surface area (TPSA) is 77.2 Å². The fourth-order valence-corrected chi connectivity index (χ4v) is 2.22. The second-order valence-corrected chi connectivity index (χ2v) is 5.54. The minimum atomic E-state index is -0.271. The molecule has 0 spiro atoms. The predicted octanol–water partition coefficient (Wildman–Crippen LogP) is 1.98. The first-order valence-electron chi connectivity index (χ1n) is 6.67. The average Bonchev–Trinajstić information content (AvgIpc) is 2.49. The minimum absolute atomic E-state index is 0.113. The molecule has 1 heterocycles. The highest BCUT2D eigenvalue weighted by Gasteiger charge is 2.20. The molecule has 0 bridgehead atoms. The lowest BCUT2D eigenvalue weighted by Crippen LogP contribution is -2.39. The molecule has 114 valence electrons. The van der Waals surface area contributed by atoms with E-state index in [1.807, 2.05) is 6.07 Å². The Kier molecular flexibility index (Phi) is 5.58. The summed E-state index contributed by atoms with van der Waals surface area (Å²) < 4.78 is 11.7. The predicted molar refractivity (Wildman–Crippen MR) is 83.4 cm³/mol. The smallest absolute Gasteiger partial charge is 0.264 e. The van der Waals surface area contributed by atoms with Crippen LogP contribution in [0.2, 0.25) is 0 Å². The molecule has 2 N–H and O–H groups in total. The molecule has 0 aliphatic carbocycles. The second-order valence-electron chi connectivity index (χ2n) is 4.62. The van der Waals surface area contributed by atoms with Gasteiger partial charge in [0.25, 0.3) is 5.91 Å². The van der Waals surface area contributed by atoms with E-state index in [-0.39, 0.29) is 18.7 Å². The first kappa shape index (κ1) is 15.8. The molecule has 0 fully saturated rings. The summed E-state index contributed by atoms with van der Waals surface area (Å²) in [6, 6.07) is 5.23. The number of aliphatic imine (C=N–C) groups is 1. The summed E-state index contributed by atoms with van der Waals surface area (Å²) in [6.45, 7) is 1.27. The molecular formula is C14H18BrN3O3. The molecule has 2 rings (SSSR count). The van der Waals surface area contributed by atoms with Gasteiger partial charge in [0.2, 0.25) is 0 Å². The van der Waals surface area contributed by atoms with E-state index in [0.29, 0.717) is 24.5 Å². The first-order valence-corrected chi connectivity index (χ1v) is 7.47. The maximum absolute atomic E-state index is 12.5. The number of hydrogen-bond donors (Lipinski definition) is 1. The Morgan fingerprint density at radius 3 is 3.00 bits per heavy atom. The number of nitrogens with two attached hydrogens (primary N) is 1. The molecule has 1 aliphatic rings. The van der Waals surface area contributed by atoms with Crippen LogP contribution in [0.25, 0.3) is 0 Å². The van der Waals surface area contributed by atoms with E-state index in [1.165, 1.54) is 4.90 Å². The van der Waals surface area contributed by atoms with E-state index in [9.17, 15) is 4.79 Å². The number of halogens is 1. The summed E-state index contributed by atoms with van der Waals surface area (Å²) >= 11 is 3.35. The Hall–Kier alpha value is -1.60. The third-order valence-electron chi connectivity index (χ3n) is 3.09. The minimum Gasteiger partial charge on any atom is -0.467 e. The van der Waals surface area contributed by atoms with Crippen molar-refractivity contribution in [2.45, 2.75) is 12.8 Å². The highest BCUT2D eigenvalue weighted by Crippen LogP contribution is 2.24. The fraction of sp³-hybridized carbons (Fsp3) is 0.429. The second kappa shape index (κ2) is 7.42. The maximum Gasteiger partial charge on any atom is 0.264 e. The van der Waals surface area contributed by atoms with Crippen LogP contribution in [-0.2, 0) is 4.74 Å². The molecule has 1 amide bonds. The number of fused-ring (bicyclic) bond motifs is 1. The zero-order valence-electron chi connectivity index (χ0n) is 11.8. The van der Waals surface area contributed by atoms with E-state index in [4.69, 9.17) is 15.2 Å². The third-order valence-corrected chi connectivity index (χ3v) is 3.58. The van der Waals surface area contributed by atoms with Crippen molar-refractivity contribution in [2.75, 3.05) is 27.0 Å². The van der Waals surface area contributed by atoms with E-state index in [2.05, 4.69) is 20.9 Å². The summed E-state index contributed by atoms with van der Waals surface area (Å²) in [5.41, 5.74) is 6.26. The molecule has 6 nitrogen and oxygen atoms in total. The lowest BCUT2D eigenvalue weighted by atomic mass is 10.2. The molecule has 0 aromatic heterocycles. The number of carbonyl (C=O) groups is 1. The summed E-state index contributed by atoms with van der Waals surface area (Å²) in [7, 11) is 1.60. The van der Waals surface area contributed by atoms with Crippen LogP contribution in [0.5, 0.6) is 5.75 Å². The average molecular weight is 356 g/mol. The van der Waals surface area contributed by atoms with Crippen LogP contribution in [-0.4, -0.2) is 43.8 Å². The Bertz CT molecular complexity index is 548. The molecule has 0 radical (unpaired) electrons. The zero-order chi connectivity index (χ0) is 15.2. The highest BCUT2D eigenvalue weighted by molar-refractivity contribution is 9.10. The standard InChI is InChI=1S/C14H18BrN3O3/c1-18-13(19)11-8-10(15)4-5-12(11)21-9-20-7-3-2-6-17-14(18)16/h4-5,8H,2-3,6-7,9H2,1H3,(H2,16,17). The van der Waals surface area contributed by atoms with Gasteiger partial charge in [0.1, 0.15) is 5.75 Å². The number of ether oxygens (including phenoxy) is 2. The van der Waals surface area contributed by atoms with Gasteiger partial charge in [-0.2, -0.15) is 0 Å². The number of rotatable bonds is 0. The van der Waals surface area contributed by atoms with Gasteiger partial charge in [-0.3, -0.25) is 14.7 Å². The number of amides is 1. The van der Waals surface area contributed by atoms with Gasteiger partial charge >= 0.3 is 0 Å². The van der Waals surface area contributed by atoms with Crippen molar-refractivity contribution in [3.63, 3.8) is 0 Å². The van der Waals surface area contributed by atoms with Crippen molar-refractivity contribution >= 4 is 27.8 Å². The Balaban J connectivity index is 2.33. The Morgan fingerprint density at radius 1 is 1.38 bits per heavy atom. The van der Waals surface area contributed by atoms with Gasteiger partial charge in [-0.1, -0.05) is 15.9 Å². The van der Waals surface area contributed by atoms with Gasteiger partial charge in [-0.05, 0) is 31.0 Å². The number of carbonyl (C=O) groups excluding carboxylic acids is 1. The zero-order valence-corrected chi connectivity index (χ0v) is 13.4. The molecule has 0 saturated heterocycles. The van der Waals surface area contributed by atoms with Crippen molar-refractivity contribution in [3.05, 3.63) is 28.2 Å². The third kappa shape index (κ3) is 4.18. The van der Waals surface area contributed by atoms with Gasteiger partial charge in [-0.25, -0.2) is 0 Å². The maximum atomic E-state index is 12.5. The highest BCUT2D eigenvalue weighted by atomic mass is 79.9. The molecule has 1 aliphatic heterocycles. The molecule has 1 aromatic carbocycles. The van der Waals surface area contributed by atoms with Gasteiger partial charge in [-0.15, -0.1) is 0 Å². The quantitative estimate of drug-likeness (QED) is 0.771. The van der Waals surface area contributed by atoms with Gasteiger partial charge in [0.05, 0.1) is 12.2 Å². The van der Waals surface area contributed by atoms with Crippen LogP contribution in [0.15, 0.2) is 27.7 Å². The molecule has 0 unspecified atom stereocenters. The molecule has 0 atom stereocenters. The van der Waals surface area contributed by atoms with Crippen LogP contribution < -0.4 is 10.5 Å². The molecule has 21 heavy (non-hydrogen) atoms. The molecule has 0 saturated carbocycles. The first-order chi connectivity index (χ1) is 10.1. The largest absolute Gasteiger partial charge is 0.467 e. The van der Waals surface area contributed by atoms with Gasteiger partial charge in [0.15, 0.2) is 12.8 Å². The van der Waals surface area contributed by atoms with Crippen molar-refractivity contribution in [1.29, 1.82) is 0 Å². The Labute approximate surface area is 132 Å². The van der Waals surface area contributed by atoms with Crippen LogP contribution in [0.3, 0.4) is 0 Å². The van der Waals surface area contributed by atoms with Crippen molar-refractivity contribution in [2.24, 2.45) is 10.7 Å². The monoisotopic (exact) mass is 355 g/mol. The molecular weight excluding hydrogens is 338 g/mol. The summed E-state index contributed by atoms with van der Waals surface area (Å²) in [5.74, 6) is 0.389. The summed E-state index contributed by atoms with van der Waals surface area (Å²) in [6.07, 6.45) is 1.71. The van der Waals surface area contributed by atoms with E-state index in [0.717, 1.165) is 17.3 Å². The lowest BCUT2D eigenvalue weighted by molar-refractivity contribution is 0.0134.